The van der Waals surface area contributed by atoms with Crippen LogP contribution in [0.5, 0.6) is 5.75 Å². The number of carbonyl (C=O) groups excluding carboxylic acids is 3. The Hall–Kier alpha value is -10.3. The fraction of sp³-hybridized carbons (Fsp3) is 0.137. The number of aliphatic imine (C=N–C) groups is 3. The molecule has 6 heterocycles. The van der Waals surface area contributed by atoms with E-state index in [0.717, 1.165) is 44.9 Å². The highest BCUT2D eigenvalue weighted by atomic mass is 35.5. The van der Waals surface area contributed by atoms with Gasteiger partial charge in [-0.1, -0.05) is 142 Å². The average molecular weight is 1440 g/mol. The van der Waals surface area contributed by atoms with Crippen molar-refractivity contribution in [2.24, 2.45) is 36.1 Å². The number of aromatic hydroxyl groups is 1. The summed E-state index contributed by atoms with van der Waals surface area (Å²) in [6, 6.07) is 47.0. The number of phenolic OH excluding ortho intramolecular Hbond substituents is 1. The van der Waals surface area contributed by atoms with Gasteiger partial charge in [0.05, 0.1) is 67.3 Å². The predicted octanol–water partition coefficient (Wildman–Crippen LogP) is 13.6. The molecular weight excluding hydrogens is 1390 g/mol. The molecule has 99 heavy (non-hydrogen) atoms. The number of carbonyl (C=O) groups is 3. The van der Waals surface area contributed by atoms with Gasteiger partial charge in [0.25, 0.3) is 5.91 Å². The van der Waals surface area contributed by atoms with Gasteiger partial charge in [0.15, 0.2) is 0 Å². The molecule has 15 rings (SSSR count). The number of phenols is 1. The number of aryl methyl sites for hydroxylation is 3. The number of H-pyrrole nitrogens is 3. The molecule has 0 radical (unpaired) electrons. The van der Waals surface area contributed by atoms with Crippen molar-refractivity contribution in [2.75, 3.05) is 22.6 Å². The minimum Gasteiger partial charge on any atom is -0.506 e. The Balaban J connectivity index is 0.000000133. The predicted molar refractivity (Wildman–Crippen MR) is 391 cm³/mol. The number of likely N-dealkylation sites (N-methyl/N-ethyl adjacent to an activating group) is 1. The van der Waals surface area contributed by atoms with Gasteiger partial charge in [0.1, 0.15) is 29.7 Å². The van der Waals surface area contributed by atoms with Gasteiger partial charge in [-0.3, -0.25) is 43.1 Å². The van der Waals surface area contributed by atoms with Crippen LogP contribution >= 0.6 is 69.6 Å². The van der Waals surface area contributed by atoms with Crippen molar-refractivity contribution in [1.82, 2.24) is 28.7 Å². The Kier molecular flexibility index (Phi) is 18.7. The number of rotatable bonds is 9. The number of anilines is 3. The number of imidazole rings is 3. The van der Waals surface area contributed by atoms with E-state index < -0.39 is 29.8 Å². The molecule has 3 aliphatic rings. The van der Waals surface area contributed by atoms with Gasteiger partial charge < -0.3 is 35.6 Å². The molecule has 26 heteroatoms. The van der Waals surface area contributed by atoms with Gasteiger partial charge in [0.2, 0.25) is 11.8 Å². The lowest BCUT2D eigenvalue weighted by molar-refractivity contribution is -0.119. The molecule has 3 atom stereocenters. The number of nitrogens with zero attached hydrogens (tertiary/aromatic N) is 7. The number of nitrogens with one attached hydrogen (secondary N) is 5. The molecule has 0 aliphatic carbocycles. The largest absolute Gasteiger partial charge is 0.506 e. The van der Waals surface area contributed by atoms with Crippen LogP contribution in [-0.4, -0.2) is 93.8 Å². The molecule has 0 fully saturated rings. The summed E-state index contributed by atoms with van der Waals surface area (Å²) in [6.07, 6.45) is 0.852. The first-order valence-electron chi connectivity index (χ1n) is 30.7. The molecule has 19 nitrogen and oxygen atoms in total. The van der Waals surface area contributed by atoms with Crippen LogP contribution in [-0.2, 0) is 54.8 Å². The lowest BCUT2D eigenvalue weighted by atomic mass is 9.99. The first-order chi connectivity index (χ1) is 47.5. The van der Waals surface area contributed by atoms with Crippen LogP contribution < -0.4 is 32.6 Å². The van der Waals surface area contributed by atoms with Crippen LogP contribution in [0.1, 0.15) is 50.1 Å². The van der Waals surface area contributed by atoms with Crippen molar-refractivity contribution >= 4 is 155 Å². The molecule has 498 valence electrons. The van der Waals surface area contributed by atoms with Gasteiger partial charge in [-0.25, -0.2) is 18.8 Å². The van der Waals surface area contributed by atoms with E-state index in [4.69, 9.17) is 84.6 Å². The summed E-state index contributed by atoms with van der Waals surface area (Å²) in [5.74, 6) is -1.79. The Morgan fingerprint density at radius 3 is 1.24 bits per heavy atom. The SMILES string of the molecule is CN1C(=O)C(Cc2ccccc2Cl)N=C(c2ccc3[nH]c(=O)n(C)c3c2)c2cc(Cl)ccc21.Cn1c(=O)[nH]c2ccc(C3=NC(Cc4ccccc4Cl)C(=O)Nc4c(F)cc(Cl)cc43)cc21.Cn1c(=O)[nH]c2ccc(C3=NC(Cc4ccccc4Cl)C(=O)Nc4c(O)cc(Cl)cc43)cc21. The molecule has 0 spiro atoms. The van der Waals surface area contributed by atoms with Crippen molar-refractivity contribution in [2.45, 2.75) is 37.4 Å². The monoisotopic (exact) mass is 1440 g/mol. The topological polar surface area (TPSA) is 249 Å². The summed E-state index contributed by atoms with van der Waals surface area (Å²) < 4.78 is 19.4. The van der Waals surface area contributed by atoms with Crippen molar-refractivity contribution in [3.05, 3.63) is 287 Å². The zero-order valence-corrected chi connectivity index (χ0v) is 57.2. The summed E-state index contributed by atoms with van der Waals surface area (Å²) >= 11 is 37.8. The number of aromatic nitrogens is 6. The van der Waals surface area contributed by atoms with E-state index in [1.807, 2.05) is 84.9 Å². The second-order valence-electron chi connectivity index (χ2n) is 23.7. The van der Waals surface area contributed by atoms with Crippen molar-refractivity contribution in [3.8, 4) is 5.75 Å². The zero-order chi connectivity index (χ0) is 69.8. The second kappa shape index (κ2) is 27.5. The molecule has 0 saturated heterocycles. The van der Waals surface area contributed by atoms with E-state index in [-0.39, 0.29) is 63.9 Å². The normalized spacial score (nSPS) is 15.8. The Labute approximate surface area is 592 Å². The van der Waals surface area contributed by atoms with Gasteiger partial charge >= 0.3 is 17.1 Å². The van der Waals surface area contributed by atoms with Crippen LogP contribution in [0.25, 0.3) is 33.1 Å². The highest BCUT2D eigenvalue weighted by molar-refractivity contribution is 6.34. The molecular formula is C73H55Cl6FN12O7. The average Bonchev–Trinajstić information content (AvgIpc) is 1.69. The van der Waals surface area contributed by atoms with Crippen LogP contribution in [0.3, 0.4) is 0 Å². The second-order valence-corrected chi connectivity index (χ2v) is 26.3. The van der Waals surface area contributed by atoms with Crippen LogP contribution in [0.2, 0.25) is 30.1 Å². The third kappa shape index (κ3) is 13.5. The third-order valence-electron chi connectivity index (χ3n) is 17.4. The number of halogens is 7. The number of hydrogen-bond acceptors (Lipinski definition) is 10. The first-order valence-corrected chi connectivity index (χ1v) is 33.0. The maximum atomic E-state index is 14.9. The number of hydrogen-bond donors (Lipinski definition) is 6. The summed E-state index contributed by atoms with van der Waals surface area (Å²) in [7, 11) is 6.77. The van der Waals surface area contributed by atoms with E-state index in [0.29, 0.717) is 98.7 Å². The summed E-state index contributed by atoms with van der Waals surface area (Å²) in [4.78, 5) is 100. The maximum absolute atomic E-state index is 14.9. The molecule has 3 aliphatic heterocycles. The lowest BCUT2D eigenvalue weighted by Crippen LogP contribution is -2.36. The lowest BCUT2D eigenvalue weighted by Gasteiger charge is -2.21. The fourth-order valence-corrected chi connectivity index (χ4v) is 13.4. The molecule has 9 aromatic carbocycles. The molecule has 0 saturated carbocycles. The molecule has 3 aromatic heterocycles. The van der Waals surface area contributed by atoms with Gasteiger partial charge in [-0.05, 0) is 108 Å². The quantitative estimate of drug-likeness (QED) is 0.0762. The number of fused-ring (bicyclic) bond motifs is 6. The van der Waals surface area contributed by atoms with Crippen LogP contribution in [0.4, 0.5) is 21.5 Å². The smallest absolute Gasteiger partial charge is 0.326 e. The van der Waals surface area contributed by atoms with E-state index in [1.54, 1.807) is 110 Å². The summed E-state index contributed by atoms with van der Waals surface area (Å²) in [5, 5.41) is 18.7. The van der Waals surface area contributed by atoms with Gasteiger partial charge in [-0.15, -0.1) is 0 Å². The number of aromatic amines is 3. The van der Waals surface area contributed by atoms with Gasteiger partial charge in [-0.2, -0.15) is 0 Å². The van der Waals surface area contributed by atoms with E-state index in [2.05, 4.69) is 25.6 Å². The van der Waals surface area contributed by atoms with Crippen LogP contribution in [0, 0.1) is 5.82 Å². The molecule has 6 N–H and O–H groups in total. The standard InChI is InChI=1S/C25H20Cl2N4O2.C24H17Cl2FN4O2.C24H18Cl2N4O3/c1-30-21-10-8-16(26)13-17(21)23(15-7-9-19-22(12-15)31(2)25(33)29-19)28-20(24(30)32)11-14-5-3-4-6-18(14)27;1-31-20-9-13(6-7-18(20)29-24(31)33)21-15-10-14(25)11-17(27)22(15)30-23(32)19(28-21)8-12-4-2-3-5-16(12)26;1-30-19-9-13(6-7-17(19)28-24(30)33)21-15-10-14(25)11-20(31)22(15)29-23(32)18(27-21)8-12-4-2-3-5-16(12)26/h3-10,12-13,20H,11H2,1-2H3,(H,29,33);2-7,9-11,19H,8H2,1H3,(H,29,33)(H,30,32);2-7,9-11,18,31H,8H2,1H3,(H,28,33)(H,29,32). The minimum absolute atomic E-state index is 0.00728. The molecule has 0 bridgehead atoms. The molecule has 3 unspecified atom stereocenters. The molecule has 3 amide bonds. The Morgan fingerprint density at radius 2 is 0.798 bits per heavy atom. The number of benzene rings is 9. The summed E-state index contributed by atoms with van der Waals surface area (Å²) in [5.41, 5.74) is 11.9. The van der Waals surface area contributed by atoms with E-state index in [9.17, 15) is 38.3 Å². The fourth-order valence-electron chi connectivity index (χ4n) is 12.2. The number of amides is 3. The third-order valence-corrected chi connectivity index (χ3v) is 19.2. The molecule has 12 aromatic rings. The first kappa shape index (κ1) is 67.3. The van der Waals surface area contributed by atoms with E-state index >= 15 is 0 Å². The highest BCUT2D eigenvalue weighted by Gasteiger charge is 2.34. The van der Waals surface area contributed by atoms with Crippen LogP contribution in [0.15, 0.2) is 199 Å². The highest BCUT2D eigenvalue weighted by Crippen LogP contribution is 2.38. The van der Waals surface area contributed by atoms with Crippen molar-refractivity contribution < 1.29 is 23.9 Å². The van der Waals surface area contributed by atoms with Crippen molar-refractivity contribution in [3.63, 3.8) is 0 Å². The minimum atomic E-state index is -0.865. The zero-order valence-electron chi connectivity index (χ0n) is 52.7. The van der Waals surface area contributed by atoms with E-state index in [1.165, 1.54) is 15.2 Å². The Morgan fingerprint density at radius 1 is 0.424 bits per heavy atom. The maximum Gasteiger partial charge on any atom is 0.326 e. The van der Waals surface area contributed by atoms with Gasteiger partial charge in [0, 0.05) is 117 Å². The summed E-state index contributed by atoms with van der Waals surface area (Å²) in [6.45, 7) is 0. The Bertz CT molecular complexity index is 5400. The number of benzodiazepines with no additional fused rings is 3. The van der Waals surface area contributed by atoms with Crippen molar-refractivity contribution in [1.29, 1.82) is 0 Å².